The summed E-state index contributed by atoms with van der Waals surface area (Å²) in [6, 6.07) is 0. The predicted octanol–water partition coefficient (Wildman–Crippen LogP) is 2.87. The van der Waals surface area contributed by atoms with Crippen molar-refractivity contribution in [1.29, 1.82) is 0 Å². The van der Waals surface area contributed by atoms with Crippen LogP contribution >= 0.6 is 0 Å². The van der Waals surface area contributed by atoms with E-state index in [1.165, 1.54) is 51.6 Å². The van der Waals surface area contributed by atoms with Gasteiger partial charge in [-0.2, -0.15) is 0 Å². The fourth-order valence-corrected chi connectivity index (χ4v) is 2.41. The third kappa shape index (κ3) is 5.31. The minimum atomic E-state index is 0.307. The highest BCUT2D eigenvalue weighted by molar-refractivity contribution is 4.72. The van der Waals surface area contributed by atoms with Crippen LogP contribution in [-0.2, 0) is 0 Å². The van der Waals surface area contributed by atoms with Crippen molar-refractivity contribution in [3.8, 4) is 0 Å². The van der Waals surface area contributed by atoms with E-state index < -0.39 is 0 Å². The van der Waals surface area contributed by atoms with Crippen molar-refractivity contribution >= 4 is 0 Å². The van der Waals surface area contributed by atoms with Crippen LogP contribution in [0.3, 0.4) is 0 Å². The van der Waals surface area contributed by atoms with Gasteiger partial charge in [-0.05, 0) is 50.9 Å². The Bertz CT molecular complexity index is 183. The Labute approximate surface area is 102 Å². The van der Waals surface area contributed by atoms with Crippen LogP contribution < -0.4 is 5.73 Å². The number of hydrogen-bond donors (Lipinski definition) is 1. The first-order chi connectivity index (χ1) is 7.53. The average Bonchev–Trinajstić information content (AvgIpc) is 2.76. The van der Waals surface area contributed by atoms with Crippen LogP contribution in [0.1, 0.15) is 52.4 Å². The molecule has 0 aromatic carbocycles. The lowest BCUT2D eigenvalue weighted by Crippen LogP contribution is -2.30. The van der Waals surface area contributed by atoms with Crippen molar-refractivity contribution in [2.45, 2.75) is 52.4 Å². The summed E-state index contributed by atoms with van der Waals surface area (Å²) < 4.78 is 0. The first kappa shape index (κ1) is 14.0. The summed E-state index contributed by atoms with van der Waals surface area (Å²) in [5, 5.41) is 0. The third-order valence-corrected chi connectivity index (χ3v) is 4.12. The van der Waals surface area contributed by atoms with Gasteiger partial charge in [-0.25, -0.2) is 0 Å². The maximum Gasteiger partial charge on any atom is -0.00162 e. The molecule has 0 unspecified atom stereocenters. The molecule has 0 heterocycles. The highest BCUT2D eigenvalue weighted by Gasteiger charge is 2.18. The largest absolute Gasteiger partial charge is 0.330 e. The van der Waals surface area contributed by atoms with Crippen molar-refractivity contribution in [3.63, 3.8) is 0 Å². The van der Waals surface area contributed by atoms with E-state index in [2.05, 4.69) is 25.8 Å². The molecule has 0 aromatic heterocycles. The average molecular weight is 226 g/mol. The first-order valence-corrected chi connectivity index (χ1v) is 6.92. The number of nitrogens with two attached hydrogens (primary N) is 1. The standard InChI is InChI=1S/C14H30N2/c1-14(2,12-15)9-11-16(3)10-8-13-6-4-5-7-13/h13H,4-12,15H2,1-3H3. The second kappa shape index (κ2) is 6.61. The van der Waals surface area contributed by atoms with Gasteiger partial charge in [0.15, 0.2) is 0 Å². The molecule has 0 atom stereocenters. The Kier molecular flexibility index (Phi) is 5.77. The molecule has 0 spiro atoms. The van der Waals surface area contributed by atoms with Crippen LogP contribution in [-0.4, -0.2) is 31.6 Å². The molecular formula is C14H30N2. The van der Waals surface area contributed by atoms with Gasteiger partial charge in [0.1, 0.15) is 0 Å². The molecular weight excluding hydrogens is 196 g/mol. The van der Waals surface area contributed by atoms with Gasteiger partial charge in [-0.15, -0.1) is 0 Å². The van der Waals surface area contributed by atoms with Crippen LogP contribution in [0.5, 0.6) is 0 Å². The van der Waals surface area contributed by atoms with Crippen molar-refractivity contribution in [1.82, 2.24) is 4.90 Å². The van der Waals surface area contributed by atoms with E-state index >= 15 is 0 Å². The van der Waals surface area contributed by atoms with Gasteiger partial charge in [0.25, 0.3) is 0 Å². The van der Waals surface area contributed by atoms with Gasteiger partial charge in [0.05, 0.1) is 0 Å². The molecule has 1 aliphatic rings. The van der Waals surface area contributed by atoms with Gasteiger partial charge >= 0.3 is 0 Å². The van der Waals surface area contributed by atoms with Crippen molar-refractivity contribution in [2.75, 3.05) is 26.7 Å². The Morgan fingerprint density at radius 3 is 2.38 bits per heavy atom. The lowest BCUT2D eigenvalue weighted by molar-refractivity contribution is 0.241. The fourth-order valence-electron chi connectivity index (χ4n) is 2.41. The van der Waals surface area contributed by atoms with E-state index in [4.69, 9.17) is 5.73 Å². The molecule has 0 bridgehead atoms. The summed E-state index contributed by atoms with van der Waals surface area (Å²) in [7, 11) is 2.25. The molecule has 2 heteroatoms. The zero-order valence-corrected chi connectivity index (χ0v) is 11.5. The highest BCUT2D eigenvalue weighted by atomic mass is 15.1. The van der Waals surface area contributed by atoms with Crippen molar-refractivity contribution < 1.29 is 0 Å². The van der Waals surface area contributed by atoms with Crippen LogP contribution in [0.2, 0.25) is 0 Å². The van der Waals surface area contributed by atoms with Crippen molar-refractivity contribution in [2.24, 2.45) is 17.1 Å². The molecule has 2 nitrogen and oxygen atoms in total. The zero-order valence-electron chi connectivity index (χ0n) is 11.5. The molecule has 1 rings (SSSR count). The van der Waals surface area contributed by atoms with Crippen LogP contribution in [0.15, 0.2) is 0 Å². The topological polar surface area (TPSA) is 29.3 Å². The smallest absolute Gasteiger partial charge is 0.00162 e. The monoisotopic (exact) mass is 226 g/mol. The van der Waals surface area contributed by atoms with Crippen molar-refractivity contribution in [3.05, 3.63) is 0 Å². The Morgan fingerprint density at radius 1 is 1.19 bits per heavy atom. The molecule has 0 saturated heterocycles. The quantitative estimate of drug-likeness (QED) is 0.723. The van der Waals surface area contributed by atoms with Crippen LogP contribution in [0.4, 0.5) is 0 Å². The van der Waals surface area contributed by atoms with E-state index in [1.807, 2.05) is 0 Å². The van der Waals surface area contributed by atoms with Gasteiger partial charge in [0, 0.05) is 0 Å². The van der Waals surface area contributed by atoms with E-state index in [0.717, 1.165) is 12.5 Å². The van der Waals surface area contributed by atoms with E-state index in [0.29, 0.717) is 5.41 Å². The first-order valence-electron chi connectivity index (χ1n) is 6.92. The number of nitrogens with zero attached hydrogens (tertiary/aromatic N) is 1. The van der Waals surface area contributed by atoms with E-state index in [-0.39, 0.29) is 0 Å². The third-order valence-electron chi connectivity index (χ3n) is 4.12. The molecule has 0 aliphatic heterocycles. The molecule has 2 N–H and O–H groups in total. The second-order valence-electron chi connectivity index (χ2n) is 6.36. The van der Waals surface area contributed by atoms with E-state index in [9.17, 15) is 0 Å². The van der Waals surface area contributed by atoms with Gasteiger partial charge in [0.2, 0.25) is 0 Å². The second-order valence-corrected chi connectivity index (χ2v) is 6.36. The van der Waals surface area contributed by atoms with Crippen LogP contribution in [0.25, 0.3) is 0 Å². The number of rotatable bonds is 7. The summed E-state index contributed by atoms with van der Waals surface area (Å²) in [6.45, 7) is 7.78. The molecule has 1 fully saturated rings. The summed E-state index contributed by atoms with van der Waals surface area (Å²) in [6.07, 6.45) is 8.50. The highest BCUT2D eigenvalue weighted by Crippen LogP contribution is 2.27. The number of hydrogen-bond acceptors (Lipinski definition) is 2. The van der Waals surface area contributed by atoms with Gasteiger partial charge < -0.3 is 10.6 Å². The molecule has 96 valence electrons. The zero-order chi connectivity index (χ0) is 12.0. The maximum absolute atomic E-state index is 5.75. The van der Waals surface area contributed by atoms with E-state index in [1.54, 1.807) is 0 Å². The predicted molar refractivity (Wildman–Crippen MR) is 71.5 cm³/mol. The Morgan fingerprint density at radius 2 is 1.81 bits per heavy atom. The molecule has 0 radical (unpaired) electrons. The van der Waals surface area contributed by atoms with Gasteiger partial charge in [-0.3, -0.25) is 0 Å². The summed E-state index contributed by atoms with van der Waals surface area (Å²) in [4.78, 5) is 2.48. The molecule has 16 heavy (non-hydrogen) atoms. The fraction of sp³-hybridized carbons (Fsp3) is 1.00. The normalized spacial score (nSPS) is 18.6. The van der Waals surface area contributed by atoms with Crippen LogP contribution in [0, 0.1) is 11.3 Å². The Balaban J connectivity index is 2.08. The molecule has 1 aliphatic carbocycles. The van der Waals surface area contributed by atoms with Gasteiger partial charge in [-0.1, -0.05) is 39.5 Å². The Hall–Kier alpha value is -0.0800. The molecule has 1 saturated carbocycles. The summed E-state index contributed by atoms with van der Waals surface area (Å²) >= 11 is 0. The minimum absolute atomic E-state index is 0.307. The lowest BCUT2D eigenvalue weighted by Gasteiger charge is -2.26. The lowest BCUT2D eigenvalue weighted by atomic mass is 9.89. The summed E-state index contributed by atoms with van der Waals surface area (Å²) in [5.74, 6) is 1.02. The minimum Gasteiger partial charge on any atom is -0.330 e. The summed E-state index contributed by atoms with van der Waals surface area (Å²) in [5.41, 5.74) is 6.05. The maximum atomic E-state index is 5.75. The SMILES string of the molecule is CN(CCC1CCCC1)CCC(C)(C)CN. The molecule has 0 aromatic rings. The molecule has 0 amide bonds.